The van der Waals surface area contributed by atoms with E-state index < -0.39 is 5.60 Å². The highest BCUT2D eigenvalue weighted by Crippen LogP contribution is 2.39. The molecule has 7 nitrogen and oxygen atoms in total. The smallest absolute Gasteiger partial charge is 0.225 e. The lowest BCUT2D eigenvalue weighted by Gasteiger charge is -2.54. The number of ether oxygens (including phenoxy) is 3. The van der Waals surface area contributed by atoms with Gasteiger partial charge in [-0.1, -0.05) is 42.5 Å². The number of nitrogens with zero attached hydrogens (tertiary/aromatic N) is 3. The third kappa shape index (κ3) is 4.83. The Kier molecular flexibility index (Phi) is 6.15. The molecule has 188 valence electrons. The van der Waals surface area contributed by atoms with E-state index in [0.717, 1.165) is 68.4 Å². The molecule has 1 saturated carbocycles. The fourth-order valence-corrected chi connectivity index (χ4v) is 5.31. The molecule has 2 aromatic carbocycles. The topological polar surface area (TPSA) is 82.7 Å². The quantitative estimate of drug-likeness (QED) is 0.492. The molecule has 1 unspecified atom stereocenters. The second-order valence-electron chi connectivity index (χ2n) is 10.9. The van der Waals surface area contributed by atoms with E-state index in [2.05, 4.69) is 58.2 Å². The normalized spacial score (nSPS) is 23.8. The van der Waals surface area contributed by atoms with Gasteiger partial charge >= 0.3 is 0 Å². The first-order valence-corrected chi connectivity index (χ1v) is 12.8. The van der Waals surface area contributed by atoms with Crippen molar-refractivity contribution in [2.75, 3.05) is 31.2 Å². The minimum absolute atomic E-state index is 0.227. The number of anilines is 1. The summed E-state index contributed by atoms with van der Waals surface area (Å²) < 4.78 is 18.0. The molecule has 36 heavy (non-hydrogen) atoms. The van der Waals surface area contributed by atoms with Crippen molar-refractivity contribution in [3.63, 3.8) is 0 Å². The maximum Gasteiger partial charge on any atom is 0.225 e. The van der Waals surface area contributed by atoms with Crippen LogP contribution >= 0.6 is 0 Å². The number of benzene rings is 2. The molecule has 3 aromatic rings. The Morgan fingerprint density at radius 2 is 1.69 bits per heavy atom. The Bertz CT molecular complexity index is 1150. The molecule has 0 amide bonds. The summed E-state index contributed by atoms with van der Waals surface area (Å²) in [4.78, 5) is 11.4. The van der Waals surface area contributed by atoms with Crippen molar-refractivity contribution in [1.29, 1.82) is 0 Å². The zero-order chi connectivity index (χ0) is 24.6. The summed E-state index contributed by atoms with van der Waals surface area (Å²) in [5.41, 5.74) is 9.01. The summed E-state index contributed by atoms with van der Waals surface area (Å²) in [6, 6.07) is 19.0. The Morgan fingerprint density at radius 3 is 2.31 bits per heavy atom. The first kappa shape index (κ1) is 23.4. The van der Waals surface area contributed by atoms with Crippen molar-refractivity contribution in [2.45, 2.75) is 50.5 Å². The van der Waals surface area contributed by atoms with Gasteiger partial charge in [-0.25, -0.2) is 9.97 Å². The minimum Gasteiger partial charge on any atom is -0.490 e. The van der Waals surface area contributed by atoms with E-state index in [0.29, 0.717) is 12.0 Å². The van der Waals surface area contributed by atoms with Crippen molar-refractivity contribution in [2.24, 2.45) is 11.1 Å². The second kappa shape index (κ2) is 9.47. The molecule has 0 radical (unpaired) electrons. The third-order valence-corrected chi connectivity index (χ3v) is 7.68. The monoisotopic (exact) mass is 486 g/mol. The van der Waals surface area contributed by atoms with Crippen molar-refractivity contribution in [1.82, 2.24) is 9.97 Å². The Balaban J connectivity index is 1.13. The van der Waals surface area contributed by atoms with E-state index >= 15 is 0 Å². The summed E-state index contributed by atoms with van der Waals surface area (Å²) in [7, 11) is 0. The zero-order valence-corrected chi connectivity index (χ0v) is 20.8. The summed E-state index contributed by atoms with van der Waals surface area (Å²) in [5.74, 6) is 1.66. The SMILES string of the molecule is CC(Cc1ccccc1)(OCc1cnc(N2CC3(COC3)C2)nc1)c1ccc(O[C@H]2C[C@@H](N)C2)cc1. The highest BCUT2D eigenvalue weighted by molar-refractivity contribution is 5.37. The minimum atomic E-state index is -0.522. The van der Waals surface area contributed by atoms with Crippen LogP contribution in [-0.4, -0.2) is 48.4 Å². The molecule has 1 aromatic heterocycles. The summed E-state index contributed by atoms with van der Waals surface area (Å²) in [5, 5.41) is 0. The van der Waals surface area contributed by atoms with Gasteiger partial charge in [0.05, 0.1) is 30.8 Å². The van der Waals surface area contributed by atoms with Gasteiger partial charge in [0.1, 0.15) is 11.9 Å². The van der Waals surface area contributed by atoms with E-state index in [1.54, 1.807) is 0 Å². The molecule has 3 fully saturated rings. The predicted molar refractivity (Wildman–Crippen MR) is 138 cm³/mol. The standard InChI is InChI=1S/C29H34N4O3/c1-28(13-21-5-3-2-4-6-21,23-7-9-25(10-8-23)36-26-11-24(30)12-26)35-16-22-14-31-27(32-15-22)33-17-29(18-33)19-34-20-29/h2-10,14-15,24,26H,11-13,16-20,30H2,1H3/t24-,26+,28?. The highest BCUT2D eigenvalue weighted by Gasteiger charge is 2.49. The van der Waals surface area contributed by atoms with Gasteiger partial charge < -0.3 is 24.8 Å². The van der Waals surface area contributed by atoms with Gasteiger partial charge in [0.15, 0.2) is 0 Å². The van der Waals surface area contributed by atoms with Crippen LogP contribution in [0.25, 0.3) is 0 Å². The van der Waals surface area contributed by atoms with E-state index in [-0.39, 0.29) is 12.1 Å². The maximum atomic E-state index is 6.61. The van der Waals surface area contributed by atoms with Crippen molar-refractivity contribution in [3.8, 4) is 5.75 Å². The Labute approximate surface area is 212 Å². The van der Waals surface area contributed by atoms with Crippen LogP contribution in [0.15, 0.2) is 67.0 Å². The Morgan fingerprint density at radius 1 is 1.00 bits per heavy atom. The summed E-state index contributed by atoms with van der Waals surface area (Å²) in [6.45, 7) is 6.25. The zero-order valence-electron chi connectivity index (χ0n) is 20.8. The molecule has 1 atom stereocenters. The molecule has 2 saturated heterocycles. The third-order valence-electron chi connectivity index (χ3n) is 7.68. The molecule has 3 heterocycles. The Hall–Kier alpha value is -3.00. The average Bonchev–Trinajstić information content (AvgIpc) is 2.82. The van der Waals surface area contributed by atoms with Crippen molar-refractivity contribution in [3.05, 3.63) is 83.7 Å². The van der Waals surface area contributed by atoms with E-state index in [1.807, 2.05) is 30.6 Å². The van der Waals surface area contributed by atoms with Gasteiger partial charge in [-0.15, -0.1) is 0 Å². The van der Waals surface area contributed by atoms with E-state index in [1.165, 1.54) is 5.56 Å². The molecular formula is C29H34N4O3. The van der Waals surface area contributed by atoms with Gasteiger partial charge in [-0.05, 0) is 43.0 Å². The van der Waals surface area contributed by atoms with E-state index in [4.69, 9.17) is 19.9 Å². The van der Waals surface area contributed by atoms with Crippen LogP contribution in [-0.2, 0) is 28.1 Å². The average molecular weight is 487 g/mol. The van der Waals surface area contributed by atoms with Crippen molar-refractivity contribution >= 4 is 5.95 Å². The predicted octanol–water partition coefficient (Wildman–Crippen LogP) is 3.86. The number of hydrogen-bond donors (Lipinski definition) is 1. The van der Waals surface area contributed by atoms with Crippen LogP contribution in [0.1, 0.15) is 36.5 Å². The van der Waals surface area contributed by atoms with Crippen LogP contribution in [0.5, 0.6) is 5.75 Å². The molecule has 6 rings (SSSR count). The number of nitrogens with two attached hydrogens (primary N) is 1. The number of hydrogen-bond acceptors (Lipinski definition) is 7. The number of aromatic nitrogens is 2. The lowest BCUT2D eigenvalue weighted by Crippen LogP contribution is -2.66. The van der Waals surface area contributed by atoms with Gasteiger partial charge in [-0.3, -0.25) is 0 Å². The second-order valence-corrected chi connectivity index (χ2v) is 10.9. The molecule has 2 N–H and O–H groups in total. The molecule has 1 spiro atoms. The van der Waals surface area contributed by atoms with Crippen LogP contribution in [0, 0.1) is 5.41 Å². The summed E-state index contributed by atoms with van der Waals surface area (Å²) in [6.07, 6.45) is 6.59. The molecule has 2 aliphatic heterocycles. The molecule has 1 aliphatic carbocycles. The largest absolute Gasteiger partial charge is 0.490 e. The fourth-order valence-electron chi connectivity index (χ4n) is 5.31. The molecule has 3 aliphatic rings. The van der Waals surface area contributed by atoms with Crippen LogP contribution in [0.4, 0.5) is 5.95 Å². The van der Waals surface area contributed by atoms with Gasteiger partial charge in [-0.2, -0.15) is 0 Å². The maximum absolute atomic E-state index is 6.61. The molecular weight excluding hydrogens is 452 g/mol. The number of rotatable bonds is 9. The molecule has 0 bridgehead atoms. The van der Waals surface area contributed by atoms with E-state index in [9.17, 15) is 0 Å². The highest BCUT2D eigenvalue weighted by atomic mass is 16.5. The van der Waals surface area contributed by atoms with Crippen LogP contribution in [0.3, 0.4) is 0 Å². The van der Waals surface area contributed by atoms with Crippen molar-refractivity contribution < 1.29 is 14.2 Å². The molecule has 7 heteroatoms. The fraction of sp³-hybridized carbons (Fsp3) is 0.448. The van der Waals surface area contributed by atoms with Gasteiger partial charge in [0.2, 0.25) is 5.95 Å². The van der Waals surface area contributed by atoms with Crippen LogP contribution < -0.4 is 15.4 Å². The lowest BCUT2D eigenvalue weighted by molar-refractivity contribution is -0.127. The van der Waals surface area contributed by atoms with Crippen LogP contribution in [0.2, 0.25) is 0 Å². The first-order chi connectivity index (χ1) is 17.5. The van der Waals surface area contributed by atoms with Gasteiger partial charge in [0.25, 0.3) is 0 Å². The lowest BCUT2D eigenvalue weighted by atomic mass is 9.78. The summed E-state index contributed by atoms with van der Waals surface area (Å²) >= 11 is 0. The first-order valence-electron chi connectivity index (χ1n) is 12.8. The van der Waals surface area contributed by atoms with Gasteiger partial charge in [0, 0.05) is 43.5 Å².